The van der Waals surface area contributed by atoms with E-state index in [1.165, 1.54) is 0 Å². The van der Waals surface area contributed by atoms with E-state index >= 15 is 0 Å². The number of aromatic nitrogens is 2. The second-order valence-electron chi connectivity index (χ2n) is 5.82. The molecule has 23 heavy (non-hydrogen) atoms. The Kier molecular flexibility index (Phi) is 5.93. The second kappa shape index (κ2) is 7.92. The first-order valence-corrected chi connectivity index (χ1v) is 7.97. The minimum atomic E-state index is -0.177. The van der Waals surface area contributed by atoms with E-state index in [0.29, 0.717) is 23.8 Å². The molecule has 2 rings (SSSR count). The summed E-state index contributed by atoms with van der Waals surface area (Å²) in [7, 11) is 0. The summed E-state index contributed by atoms with van der Waals surface area (Å²) in [5, 5.41) is 1.87. The maximum Gasteiger partial charge on any atom is 0.269 e. The van der Waals surface area contributed by atoms with Crippen LogP contribution >= 0.6 is 11.6 Å². The summed E-state index contributed by atoms with van der Waals surface area (Å²) in [6, 6.07) is 9.15. The van der Waals surface area contributed by atoms with Crippen molar-refractivity contribution in [2.24, 2.45) is 5.92 Å². The van der Waals surface area contributed by atoms with Gasteiger partial charge in [-0.05, 0) is 43.0 Å². The van der Waals surface area contributed by atoms with Crippen LogP contribution in [0.2, 0.25) is 5.28 Å². The zero-order chi connectivity index (χ0) is 16.8. The highest BCUT2D eigenvalue weighted by Gasteiger charge is 2.14. The third kappa shape index (κ3) is 5.21. The molecule has 0 aliphatic carbocycles. The Bertz CT molecular complexity index is 658. The number of amides is 1. The molecule has 0 aliphatic rings. The van der Waals surface area contributed by atoms with Gasteiger partial charge in [0.05, 0.1) is 0 Å². The normalized spacial score (nSPS) is 10.7. The Hall–Kier alpha value is -2.14. The zero-order valence-electron chi connectivity index (χ0n) is 13.6. The molecule has 0 unspecified atom stereocenters. The van der Waals surface area contributed by atoms with Gasteiger partial charge in [0.15, 0.2) is 5.82 Å². The molecule has 1 amide bonds. The van der Waals surface area contributed by atoms with Crippen LogP contribution in [0.1, 0.15) is 36.2 Å². The summed E-state index contributed by atoms with van der Waals surface area (Å²) in [5.74, 6) is 0.903. The largest absolute Gasteiger partial charge is 0.269 e. The zero-order valence-corrected chi connectivity index (χ0v) is 14.3. The third-order valence-corrected chi connectivity index (χ3v) is 3.55. The lowest BCUT2D eigenvalue weighted by Gasteiger charge is -2.25. The summed E-state index contributed by atoms with van der Waals surface area (Å²) in [6.45, 7) is 6.89. The smallest absolute Gasteiger partial charge is 0.268 e. The number of aryl methyl sites for hydroxylation is 1. The van der Waals surface area contributed by atoms with Crippen LogP contribution in [0.4, 0.5) is 5.82 Å². The van der Waals surface area contributed by atoms with Gasteiger partial charge in [0.1, 0.15) is 0 Å². The summed E-state index contributed by atoms with van der Waals surface area (Å²) >= 11 is 5.86. The molecule has 1 aromatic carbocycles. The summed E-state index contributed by atoms with van der Waals surface area (Å²) in [5.41, 5.74) is 4.61. The number of carbonyl (C=O) groups is 1. The molecule has 0 saturated carbocycles. The molecule has 0 saturated heterocycles. The van der Waals surface area contributed by atoms with E-state index in [1.807, 2.05) is 19.1 Å². The van der Waals surface area contributed by atoms with Crippen molar-refractivity contribution in [1.29, 1.82) is 0 Å². The van der Waals surface area contributed by atoms with Gasteiger partial charge in [0, 0.05) is 24.4 Å². The number of hydrogen-bond donors (Lipinski definition) is 1. The number of anilines is 1. The molecule has 1 N–H and O–H groups in total. The van der Waals surface area contributed by atoms with Crippen molar-refractivity contribution < 1.29 is 4.79 Å². The molecule has 6 heteroatoms. The van der Waals surface area contributed by atoms with E-state index in [0.717, 1.165) is 12.0 Å². The van der Waals surface area contributed by atoms with Crippen LogP contribution in [0.15, 0.2) is 36.5 Å². The summed E-state index contributed by atoms with van der Waals surface area (Å²) in [6.07, 6.45) is 2.49. The van der Waals surface area contributed by atoms with Crippen LogP contribution < -0.4 is 10.4 Å². The fraction of sp³-hybridized carbons (Fsp3) is 0.353. The van der Waals surface area contributed by atoms with Gasteiger partial charge in [-0.15, -0.1) is 0 Å². The van der Waals surface area contributed by atoms with Crippen LogP contribution in [-0.4, -0.2) is 22.4 Å². The van der Waals surface area contributed by atoms with Crippen molar-refractivity contribution in [3.05, 3.63) is 52.9 Å². The molecule has 0 spiro atoms. The van der Waals surface area contributed by atoms with Crippen molar-refractivity contribution in [2.75, 3.05) is 11.6 Å². The Labute approximate surface area is 141 Å². The number of rotatable bonds is 6. The molecular formula is C17H21ClN4O. The number of hydrogen-bond acceptors (Lipinski definition) is 4. The standard InChI is InChI=1S/C17H21ClN4O/c1-12(2)9-11-22(15-8-10-19-17(18)20-15)21-16(23)14-6-4-13(3)5-7-14/h4-8,10,12H,9,11H2,1-3H3,(H,21,23). The quantitative estimate of drug-likeness (QED) is 0.648. The van der Waals surface area contributed by atoms with E-state index in [2.05, 4.69) is 29.2 Å². The van der Waals surface area contributed by atoms with Crippen LogP contribution in [0.3, 0.4) is 0 Å². The molecular weight excluding hydrogens is 312 g/mol. The highest BCUT2D eigenvalue weighted by molar-refractivity contribution is 6.28. The first-order valence-electron chi connectivity index (χ1n) is 7.59. The maximum absolute atomic E-state index is 12.4. The van der Waals surface area contributed by atoms with Crippen molar-refractivity contribution in [3.63, 3.8) is 0 Å². The molecule has 0 bridgehead atoms. The average Bonchev–Trinajstić information content (AvgIpc) is 2.51. The molecule has 122 valence electrons. The first kappa shape index (κ1) is 17.2. The lowest BCUT2D eigenvalue weighted by atomic mass is 10.1. The fourth-order valence-electron chi connectivity index (χ4n) is 1.98. The van der Waals surface area contributed by atoms with Gasteiger partial charge in [0.2, 0.25) is 5.28 Å². The Morgan fingerprint density at radius 1 is 1.26 bits per heavy atom. The molecule has 0 radical (unpaired) electrons. The molecule has 0 atom stereocenters. The SMILES string of the molecule is Cc1ccc(C(=O)NN(CCC(C)C)c2ccnc(Cl)n2)cc1. The van der Waals surface area contributed by atoms with Gasteiger partial charge >= 0.3 is 0 Å². The second-order valence-corrected chi connectivity index (χ2v) is 6.16. The predicted molar refractivity (Wildman–Crippen MR) is 92.5 cm³/mol. The van der Waals surface area contributed by atoms with Gasteiger partial charge < -0.3 is 0 Å². The lowest BCUT2D eigenvalue weighted by molar-refractivity contribution is 0.0948. The fourth-order valence-corrected chi connectivity index (χ4v) is 2.13. The van der Waals surface area contributed by atoms with E-state index in [-0.39, 0.29) is 11.2 Å². The summed E-state index contributed by atoms with van der Waals surface area (Å²) in [4.78, 5) is 20.5. The topological polar surface area (TPSA) is 58.1 Å². The van der Waals surface area contributed by atoms with Crippen LogP contribution in [0, 0.1) is 12.8 Å². The number of benzene rings is 1. The maximum atomic E-state index is 12.4. The molecule has 1 heterocycles. The Balaban J connectivity index is 2.16. The molecule has 1 aromatic heterocycles. The van der Waals surface area contributed by atoms with E-state index in [1.54, 1.807) is 29.4 Å². The Morgan fingerprint density at radius 2 is 1.96 bits per heavy atom. The van der Waals surface area contributed by atoms with E-state index in [4.69, 9.17) is 11.6 Å². The molecule has 2 aromatic rings. The van der Waals surface area contributed by atoms with E-state index in [9.17, 15) is 4.79 Å². The first-order chi connectivity index (χ1) is 11.0. The predicted octanol–water partition coefficient (Wildman–Crippen LogP) is 3.64. The lowest BCUT2D eigenvalue weighted by Crippen LogP contribution is -2.44. The molecule has 5 nitrogen and oxygen atoms in total. The van der Waals surface area contributed by atoms with Crippen molar-refractivity contribution in [3.8, 4) is 0 Å². The van der Waals surface area contributed by atoms with Gasteiger partial charge in [-0.2, -0.15) is 4.98 Å². The minimum absolute atomic E-state index is 0.154. The average molecular weight is 333 g/mol. The highest BCUT2D eigenvalue weighted by atomic mass is 35.5. The number of nitrogens with zero attached hydrogens (tertiary/aromatic N) is 3. The van der Waals surface area contributed by atoms with Gasteiger partial charge in [-0.3, -0.25) is 15.2 Å². The highest BCUT2D eigenvalue weighted by Crippen LogP contribution is 2.13. The van der Waals surface area contributed by atoms with E-state index < -0.39 is 0 Å². The van der Waals surface area contributed by atoms with Crippen LogP contribution in [-0.2, 0) is 0 Å². The van der Waals surface area contributed by atoms with Crippen molar-refractivity contribution in [1.82, 2.24) is 15.4 Å². The Morgan fingerprint density at radius 3 is 2.57 bits per heavy atom. The van der Waals surface area contributed by atoms with Gasteiger partial charge in [-0.1, -0.05) is 31.5 Å². The summed E-state index contributed by atoms with van der Waals surface area (Å²) < 4.78 is 0. The minimum Gasteiger partial charge on any atom is -0.268 e. The molecule has 0 aliphatic heterocycles. The molecule has 0 fully saturated rings. The monoisotopic (exact) mass is 332 g/mol. The van der Waals surface area contributed by atoms with Crippen molar-refractivity contribution in [2.45, 2.75) is 27.2 Å². The van der Waals surface area contributed by atoms with Crippen LogP contribution in [0.25, 0.3) is 0 Å². The third-order valence-electron chi connectivity index (χ3n) is 3.37. The van der Waals surface area contributed by atoms with Crippen molar-refractivity contribution >= 4 is 23.3 Å². The number of carbonyl (C=O) groups excluding carboxylic acids is 1. The number of nitrogens with one attached hydrogen (secondary N) is 1. The van der Waals surface area contributed by atoms with Gasteiger partial charge in [0.25, 0.3) is 5.91 Å². The van der Waals surface area contributed by atoms with Crippen LogP contribution in [0.5, 0.6) is 0 Å². The van der Waals surface area contributed by atoms with Gasteiger partial charge in [-0.25, -0.2) is 4.98 Å². The number of hydrazine groups is 1. The number of halogens is 1.